The van der Waals surface area contributed by atoms with E-state index in [9.17, 15) is 9.59 Å². The maximum absolute atomic E-state index is 11.6. The highest BCUT2D eigenvalue weighted by atomic mass is 16.2. The highest BCUT2D eigenvalue weighted by molar-refractivity contribution is 5.88. The predicted octanol–water partition coefficient (Wildman–Crippen LogP) is 0.642. The highest BCUT2D eigenvalue weighted by Gasteiger charge is 2.36. The lowest BCUT2D eigenvalue weighted by Crippen LogP contribution is -2.61. The van der Waals surface area contributed by atoms with Gasteiger partial charge in [0.2, 0.25) is 11.8 Å². The fourth-order valence-corrected chi connectivity index (χ4v) is 1.94. The van der Waals surface area contributed by atoms with Crippen molar-refractivity contribution in [3.05, 3.63) is 12.7 Å². The first-order chi connectivity index (χ1) is 6.88. The molecule has 1 heterocycles. The van der Waals surface area contributed by atoms with Crippen LogP contribution in [0.2, 0.25) is 0 Å². The van der Waals surface area contributed by atoms with E-state index in [1.165, 1.54) is 6.08 Å². The summed E-state index contributed by atoms with van der Waals surface area (Å²) in [5.41, 5.74) is -0.310. The quantitative estimate of drug-likeness (QED) is 0.596. The number of carbonyl (C=O) groups is 2. The van der Waals surface area contributed by atoms with Gasteiger partial charge in [0.05, 0.1) is 5.54 Å². The Balaban J connectivity index is 2.79. The standard InChI is InChI=1S/C11H18N2O2/c1-5-10(15)13-7-6-12(9(2)14)8-11(13,3)4/h5H,1,6-8H2,2-4H3. The monoisotopic (exact) mass is 210 g/mol. The van der Waals surface area contributed by atoms with Crippen molar-refractivity contribution in [2.75, 3.05) is 19.6 Å². The summed E-state index contributed by atoms with van der Waals surface area (Å²) < 4.78 is 0. The van der Waals surface area contributed by atoms with Crippen molar-refractivity contribution in [3.63, 3.8) is 0 Å². The zero-order valence-electron chi connectivity index (χ0n) is 9.62. The van der Waals surface area contributed by atoms with Crippen LogP contribution < -0.4 is 0 Å². The Morgan fingerprint density at radius 2 is 1.93 bits per heavy atom. The third-order valence-corrected chi connectivity index (χ3v) is 2.79. The summed E-state index contributed by atoms with van der Waals surface area (Å²) in [5, 5.41) is 0. The van der Waals surface area contributed by atoms with Gasteiger partial charge in [-0.25, -0.2) is 0 Å². The molecule has 0 bridgehead atoms. The van der Waals surface area contributed by atoms with Crippen molar-refractivity contribution in [1.29, 1.82) is 0 Å². The Kier molecular flexibility index (Phi) is 3.17. The van der Waals surface area contributed by atoms with Gasteiger partial charge in [-0.1, -0.05) is 6.58 Å². The van der Waals surface area contributed by atoms with E-state index in [4.69, 9.17) is 0 Å². The molecule has 0 atom stereocenters. The molecule has 0 aliphatic carbocycles. The molecule has 15 heavy (non-hydrogen) atoms. The Morgan fingerprint density at radius 3 is 2.33 bits per heavy atom. The maximum atomic E-state index is 11.6. The Labute approximate surface area is 90.5 Å². The van der Waals surface area contributed by atoms with Crippen LogP contribution in [-0.2, 0) is 9.59 Å². The molecule has 0 saturated carbocycles. The van der Waals surface area contributed by atoms with Crippen molar-refractivity contribution in [1.82, 2.24) is 9.80 Å². The van der Waals surface area contributed by atoms with Gasteiger partial charge in [-0.15, -0.1) is 0 Å². The first-order valence-corrected chi connectivity index (χ1v) is 5.08. The molecular weight excluding hydrogens is 192 g/mol. The molecule has 0 aromatic carbocycles. The number of nitrogens with zero attached hydrogens (tertiary/aromatic N) is 2. The summed E-state index contributed by atoms with van der Waals surface area (Å²) >= 11 is 0. The van der Waals surface area contributed by atoms with Crippen LogP contribution in [0.1, 0.15) is 20.8 Å². The molecule has 0 spiro atoms. The molecule has 2 amide bonds. The lowest BCUT2D eigenvalue weighted by atomic mass is 9.98. The molecule has 0 aromatic rings. The summed E-state index contributed by atoms with van der Waals surface area (Å²) in [6.45, 7) is 10.7. The van der Waals surface area contributed by atoms with Crippen molar-refractivity contribution in [2.45, 2.75) is 26.3 Å². The van der Waals surface area contributed by atoms with E-state index in [1.807, 2.05) is 13.8 Å². The van der Waals surface area contributed by atoms with Gasteiger partial charge in [-0.2, -0.15) is 0 Å². The first kappa shape index (κ1) is 11.8. The van der Waals surface area contributed by atoms with Crippen molar-refractivity contribution >= 4 is 11.8 Å². The van der Waals surface area contributed by atoms with Crippen molar-refractivity contribution in [3.8, 4) is 0 Å². The van der Waals surface area contributed by atoms with E-state index in [1.54, 1.807) is 16.7 Å². The number of amides is 2. The van der Waals surface area contributed by atoms with Crippen LogP contribution in [0.3, 0.4) is 0 Å². The van der Waals surface area contributed by atoms with Crippen LogP contribution >= 0.6 is 0 Å². The van der Waals surface area contributed by atoms with E-state index in [0.29, 0.717) is 19.6 Å². The molecule has 4 nitrogen and oxygen atoms in total. The minimum atomic E-state index is -0.310. The SMILES string of the molecule is C=CC(=O)N1CCN(C(C)=O)CC1(C)C. The normalized spacial score (nSPS) is 19.9. The van der Waals surface area contributed by atoms with Gasteiger partial charge in [-0.3, -0.25) is 9.59 Å². The summed E-state index contributed by atoms with van der Waals surface area (Å²) in [7, 11) is 0. The minimum absolute atomic E-state index is 0.0637. The molecule has 1 aliphatic heterocycles. The topological polar surface area (TPSA) is 40.6 Å². The van der Waals surface area contributed by atoms with Gasteiger partial charge >= 0.3 is 0 Å². The van der Waals surface area contributed by atoms with Gasteiger partial charge in [0.15, 0.2) is 0 Å². The molecule has 0 radical (unpaired) electrons. The number of carbonyl (C=O) groups excluding carboxylic acids is 2. The van der Waals surface area contributed by atoms with E-state index in [-0.39, 0.29) is 17.4 Å². The molecule has 1 aliphatic rings. The van der Waals surface area contributed by atoms with E-state index < -0.39 is 0 Å². The summed E-state index contributed by atoms with van der Waals surface area (Å²) in [4.78, 5) is 26.3. The van der Waals surface area contributed by atoms with E-state index >= 15 is 0 Å². The van der Waals surface area contributed by atoms with Gasteiger partial charge in [0.25, 0.3) is 0 Å². The van der Waals surface area contributed by atoms with E-state index in [0.717, 1.165) is 0 Å². The average Bonchev–Trinajstić information content (AvgIpc) is 2.15. The lowest BCUT2D eigenvalue weighted by molar-refractivity contribution is -0.143. The van der Waals surface area contributed by atoms with Crippen LogP contribution in [0, 0.1) is 0 Å². The molecule has 4 heteroatoms. The highest BCUT2D eigenvalue weighted by Crippen LogP contribution is 2.21. The lowest BCUT2D eigenvalue weighted by Gasteiger charge is -2.46. The van der Waals surface area contributed by atoms with Crippen LogP contribution in [0.4, 0.5) is 0 Å². The number of hydrogen-bond donors (Lipinski definition) is 0. The largest absolute Gasteiger partial charge is 0.339 e. The van der Waals surface area contributed by atoms with Crippen molar-refractivity contribution < 1.29 is 9.59 Å². The Morgan fingerprint density at radius 1 is 1.33 bits per heavy atom. The van der Waals surface area contributed by atoms with Crippen molar-refractivity contribution in [2.24, 2.45) is 0 Å². The average molecular weight is 210 g/mol. The number of piperazine rings is 1. The molecule has 0 N–H and O–H groups in total. The van der Waals surface area contributed by atoms with Gasteiger partial charge in [-0.05, 0) is 19.9 Å². The molecule has 1 rings (SSSR count). The molecule has 84 valence electrons. The van der Waals surface area contributed by atoms with Crippen LogP contribution in [-0.4, -0.2) is 46.8 Å². The Bertz CT molecular complexity index is 297. The second kappa shape index (κ2) is 4.04. The van der Waals surface area contributed by atoms with Gasteiger partial charge in [0.1, 0.15) is 0 Å². The zero-order valence-corrected chi connectivity index (χ0v) is 9.62. The fourth-order valence-electron chi connectivity index (χ4n) is 1.94. The fraction of sp³-hybridized carbons (Fsp3) is 0.636. The minimum Gasteiger partial charge on any atom is -0.339 e. The first-order valence-electron chi connectivity index (χ1n) is 5.08. The molecule has 1 fully saturated rings. The summed E-state index contributed by atoms with van der Waals surface area (Å²) in [6, 6.07) is 0. The summed E-state index contributed by atoms with van der Waals surface area (Å²) in [5.74, 6) is -0.00280. The third-order valence-electron chi connectivity index (χ3n) is 2.79. The number of rotatable bonds is 1. The smallest absolute Gasteiger partial charge is 0.246 e. The predicted molar refractivity (Wildman–Crippen MR) is 58.2 cm³/mol. The van der Waals surface area contributed by atoms with Crippen LogP contribution in [0.15, 0.2) is 12.7 Å². The molecule has 0 unspecified atom stereocenters. The number of hydrogen-bond acceptors (Lipinski definition) is 2. The van der Waals surface area contributed by atoms with Crippen LogP contribution in [0.5, 0.6) is 0 Å². The molecule has 1 saturated heterocycles. The zero-order chi connectivity index (χ0) is 11.6. The van der Waals surface area contributed by atoms with Gasteiger partial charge in [0, 0.05) is 26.6 Å². The second-order valence-electron chi connectivity index (χ2n) is 4.45. The third kappa shape index (κ3) is 2.37. The molecule has 0 aromatic heterocycles. The van der Waals surface area contributed by atoms with Gasteiger partial charge < -0.3 is 9.80 Å². The summed E-state index contributed by atoms with van der Waals surface area (Å²) in [6.07, 6.45) is 1.32. The molecular formula is C11H18N2O2. The second-order valence-corrected chi connectivity index (χ2v) is 4.45. The van der Waals surface area contributed by atoms with Crippen LogP contribution in [0.25, 0.3) is 0 Å². The van der Waals surface area contributed by atoms with E-state index in [2.05, 4.69) is 6.58 Å². The Hall–Kier alpha value is -1.32. The maximum Gasteiger partial charge on any atom is 0.246 e.